The molecule has 7 nitrogen and oxygen atoms in total. The zero-order valence-corrected chi connectivity index (χ0v) is 15.8. The molecule has 0 saturated carbocycles. The molecule has 0 radical (unpaired) electrons. The summed E-state index contributed by atoms with van der Waals surface area (Å²) in [5, 5.41) is 9.76. The van der Waals surface area contributed by atoms with Gasteiger partial charge in [-0.15, -0.1) is 0 Å². The van der Waals surface area contributed by atoms with Crippen molar-refractivity contribution in [3.8, 4) is 17.2 Å². The van der Waals surface area contributed by atoms with E-state index in [4.69, 9.17) is 18.6 Å². The number of aliphatic carboxylic acids is 1. The highest BCUT2D eigenvalue weighted by molar-refractivity contribution is 5.73. The minimum atomic E-state index is -0.828. The van der Waals surface area contributed by atoms with Crippen molar-refractivity contribution in [1.82, 2.24) is 4.90 Å². The van der Waals surface area contributed by atoms with E-state index in [0.717, 1.165) is 18.4 Å². The second kappa shape index (κ2) is 8.35. The Hall–Kier alpha value is -2.67. The number of carboxylic acid groups (broad SMARTS) is 1. The van der Waals surface area contributed by atoms with Gasteiger partial charge in [0.15, 0.2) is 11.5 Å². The molecule has 0 bridgehead atoms. The Kier molecular flexibility index (Phi) is 5.91. The minimum absolute atomic E-state index is 0.406. The normalized spacial score (nSPS) is 18.7. The number of carbonyl (C=O) groups is 1. The van der Waals surface area contributed by atoms with E-state index in [-0.39, 0.29) is 0 Å². The van der Waals surface area contributed by atoms with E-state index in [1.54, 1.807) is 39.7 Å². The summed E-state index contributed by atoms with van der Waals surface area (Å²) in [6.45, 7) is 0.653. The van der Waals surface area contributed by atoms with Gasteiger partial charge in [-0.1, -0.05) is 6.42 Å². The number of carboxylic acids is 1. The predicted molar refractivity (Wildman–Crippen MR) is 98.6 cm³/mol. The lowest BCUT2D eigenvalue weighted by Gasteiger charge is -2.38. The fourth-order valence-electron chi connectivity index (χ4n) is 3.74. The summed E-state index contributed by atoms with van der Waals surface area (Å²) in [4.78, 5) is 13.9. The monoisotopic (exact) mass is 375 g/mol. The molecular formula is C20H25NO6. The third kappa shape index (κ3) is 3.73. The van der Waals surface area contributed by atoms with Crippen molar-refractivity contribution in [3.05, 3.63) is 41.9 Å². The lowest BCUT2D eigenvalue weighted by Crippen LogP contribution is -2.46. The molecule has 2 heterocycles. The Morgan fingerprint density at radius 1 is 1.15 bits per heavy atom. The molecule has 2 aromatic rings. The van der Waals surface area contributed by atoms with E-state index in [9.17, 15) is 9.90 Å². The van der Waals surface area contributed by atoms with Gasteiger partial charge < -0.3 is 23.7 Å². The van der Waals surface area contributed by atoms with Crippen molar-refractivity contribution in [2.75, 3.05) is 27.9 Å². The number of likely N-dealkylation sites (tertiary alicyclic amines) is 1. The number of hydrogen-bond donors (Lipinski definition) is 1. The molecule has 2 atom stereocenters. The average Bonchev–Trinajstić information content (AvgIpc) is 3.22. The fourth-order valence-corrected chi connectivity index (χ4v) is 3.74. The predicted octanol–water partition coefficient (Wildman–Crippen LogP) is 3.33. The van der Waals surface area contributed by atoms with Gasteiger partial charge in [-0.3, -0.25) is 9.69 Å². The Morgan fingerprint density at radius 3 is 2.44 bits per heavy atom. The summed E-state index contributed by atoms with van der Waals surface area (Å²) < 4.78 is 22.1. The maximum atomic E-state index is 11.9. The summed E-state index contributed by atoms with van der Waals surface area (Å²) in [5.41, 5.74) is 0.776. The maximum Gasteiger partial charge on any atom is 0.320 e. The molecule has 7 heteroatoms. The van der Waals surface area contributed by atoms with Crippen LogP contribution in [0, 0.1) is 0 Å². The van der Waals surface area contributed by atoms with Gasteiger partial charge in [-0.2, -0.15) is 0 Å². The van der Waals surface area contributed by atoms with E-state index < -0.39 is 18.1 Å². The van der Waals surface area contributed by atoms with E-state index in [2.05, 4.69) is 0 Å². The first-order valence-electron chi connectivity index (χ1n) is 8.92. The maximum absolute atomic E-state index is 11.9. The largest absolute Gasteiger partial charge is 0.496 e. The Bertz CT molecular complexity index is 773. The van der Waals surface area contributed by atoms with Crippen molar-refractivity contribution in [2.45, 2.75) is 31.3 Å². The number of hydrogen-bond acceptors (Lipinski definition) is 6. The van der Waals surface area contributed by atoms with Crippen molar-refractivity contribution < 1.29 is 28.5 Å². The van der Waals surface area contributed by atoms with Gasteiger partial charge in [0.05, 0.1) is 33.6 Å². The lowest BCUT2D eigenvalue weighted by atomic mass is 9.94. The average molecular weight is 375 g/mol. The van der Waals surface area contributed by atoms with Crippen LogP contribution in [0.2, 0.25) is 0 Å². The van der Waals surface area contributed by atoms with Crippen LogP contribution in [-0.4, -0.2) is 49.9 Å². The first-order valence-corrected chi connectivity index (χ1v) is 8.92. The van der Waals surface area contributed by atoms with Gasteiger partial charge in [0.1, 0.15) is 17.6 Å². The number of piperidine rings is 1. The third-order valence-corrected chi connectivity index (χ3v) is 5.00. The molecule has 0 aliphatic carbocycles. The molecule has 0 amide bonds. The SMILES string of the molecule is COc1cc(OC)c(C(c2ccco2)N2CCCCC2C(=O)O)cc1OC. The number of furan rings is 1. The molecule has 1 aliphatic heterocycles. The van der Waals surface area contributed by atoms with Gasteiger partial charge in [0, 0.05) is 18.2 Å². The molecular weight excluding hydrogens is 350 g/mol. The van der Waals surface area contributed by atoms with E-state index >= 15 is 0 Å². The van der Waals surface area contributed by atoms with Crippen LogP contribution in [0.1, 0.15) is 36.6 Å². The minimum Gasteiger partial charge on any atom is -0.496 e. The summed E-state index contributed by atoms with van der Waals surface area (Å²) in [6.07, 6.45) is 4.01. The molecule has 1 aromatic carbocycles. The van der Waals surface area contributed by atoms with Crippen molar-refractivity contribution in [3.63, 3.8) is 0 Å². The zero-order chi connectivity index (χ0) is 19.4. The smallest absolute Gasteiger partial charge is 0.320 e. The fraction of sp³-hybridized carbons (Fsp3) is 0.450. The molecule has 1 aromatic heterocycles. The Morgan fingerprint density at radius 2 is 1.85 bits per heavy atom. The van der Waals surface area contributed by atoms with Crippen LogP contribution in [0.4, 0.5) is 0 Å². The van der Waals surface area contributed by atoms with E-state index in [1.165, 1.54) is 0 Å². The zero-order valence-electron chi connectivity index (χ0n) is 15.8. The molecule has 3 rings (SSSR count). The van der Waals surface area contributed by atoms with Gasteiger partial charge >= 0.3 is 5.97 Å². The summed E-state index contributed by atoms with van der Waals surface area (Å²) in [6, 6.07) is 6.24. The van der Waals surface area contributed by atoms with Crippen LogP contribution in [0.3, 0.4) is 0 Å². The molecule has 146 valence electrons. The van der Waals surface area contributed by atoms with Crippen LogP contribution < -0.4 is 14.2 Å². The van der Waals surface area contributed by atoms with Crippen LogP contribution in [0.15, 0.2) is 34.9 Å². The standard InChI is InChI=1S/C20H25NO6/c1-24-16-12-18(26-3)17(25-2)11-13(16)19(15-8-6-10-27-15)21-9-5-4-7-14(21)20(22)23/h6,8,10-12,14,19H,4-5,7,9H2,1-3H3,(H,22,23). The molecule has 1 aliphatic rings. The highest BCUT2D eigenvalue weighted by Crippen LogP contribution is 2.43. The third-order valence-electron chi connectivity index (χ3n) is 5.00. The number of nitrogens with zero attached hydrogens (tertiary/aromatic N) is 1. The van der Waals surface area contributed by atoms with Crippen LogP contribution in [0.5, 0.6) is 17.2 Å². The molecule has 2 unspecified atom stereocenters. The molecule has 0 spiro atoms. The van der Waals surface area contributed by atoms with Crippen LogP contribution >= 0.6 is 0 Å². The second-order valence-electron chi connectivity index (χ2n) is 6.45. The van der Waals surface area contributed by atoms with E-state index in [0.29, 0.717) is 36.0 Å². The first kappa shape index (κ1) is 19.1. The van der Waals surface area contributed by atoms with Crippen molar-refractivity contribution >= 4 is 5.97 Å². The molecule has 1 N–H and O–H groups in total. The quantitative estimate of drug-likeness (QED) is 0.795. The van der Waals surface area contributed by atoms with Crippen molar-refractivity contribution in [1.29, 1.82) is 0 Å². The van der Waals surface area contributed by atoms with Gasteiger partial charge in [0.25, 0.3) is 0 Å². The van der Waals surface area contributed by atoms with Crippen molar-refractivity contribution in [2.24, 2.45) is 0 Å². The highest BCUT2D eigenvalue weighted by Gasteiger charge is 2.38. The molecule has 1 saturated heterocycles. The number of benzene rings is 1. The number of methoxy groups -OCH3 is 3. The van der Waals surface area contributed by atoms with Crippen LogP contribution in [-0.2, 0) is 4.79 Å². The van der Waals surface area contributed by atoms with E-state index in [1.807, 2.05) is 17.0 Å². The lowest BCUT2D eigenvalue weighted by molar-refractivity contribution is -0.145. The topological polar surface area (TPSA) is 81.4 Å². The molecule has 27 heavy (non-hydrogen) atoms. The van der Waals surface area contributed by atoms with Gasteiger partial charge in [0.2, 0.25) is 0 Å². The first-order chi connectivity index (χ1) is 13.1. The molecule has 1 fully saturated rings. The summed E-state index contributed by atoms with van der Waals surface area (Å²) in [5.74, 6) is 1.52. The number of ether oxygens (including phenoxy) is 3. The summed E-state index contributed by atoms with van der Waals surface area (Å²) in [7, 11) is 4.71. The second-order valence-corrected chi connectivity index (χ2v) is 6.45. The van der Waals surface area contributed by atoms with Gasteiger partial charge in [-0.25, -0.2) is 0 Å². The highest BCUT2D eigenvalue weighted by atomic mass is 16.5. The van der Waals surface area contributed by atoms with Gasteiger partial charge in [-0.05, 0) is 31.0 Å². The summed E-state index contributed by atoms with van der Waals surface area (Å²) >= 11 is 0. The number of rotatable bonds is 7. The Labute approximate surface area is 158 Å². The van der Waals surface area contributed by atoms with Crippen LogP contribution in [0.25, 0.3) is 0 Å². The Balaban J connectivity index is 2.16.